The van der Waals surface area contributed by atoms with Gasteiger partial charge in [-0.2, -0.15) is 0 Å². The molecular weight excluding hydrogens is 276 g/mol. The van der Waals surface area contributed by atoms with Crippen molar-refractivity contribution in [3.63, 3.8) is 0 Å². The van der Waals surface area contributed by atoms with E-state index in [1.54, 1.807) is 5.56 Å². The Bertz CT molecular complexity index is 632. The highest BCUT2D eigenvalue weighted by Crippen LogP contribution is 2.35. The summed E-state index contributed by atoms with van der Waals surface area (Å²) in [5, 5.41) is 0. The Labute approximate surface area is 141 Å². The second kappa shape index (κ2) is 6.91. The molecule has 0 N–H and O–H groups in total. The van der Waals surface area contributed by atoms with Gasteiger partial charge in [0, 0.05) is 0 Å². The second-order valence-corrected chi connectivity index (χ2v) is 7.73. The average Bonchev–Trinajstić information content (AvgIpc) is 2.54. The molecule has 3 rings (SSSR count). The minimum absolute atomic E-state index is 0.795. The minimum atomic E-state index is 0.795. The molecule has 1 saturated carbocycles. The van der Waals surface area contributed by atoms with Gasteiger partial charge in [-0.25, -0.2) is 0 Å². The lowest BCUT2D eigenvalue weighted by atomic mass is 9.79. The van der Waals surface area contributed by atoms with Crippen molar-refractivity contribution >= 4 is 0 Å². The standard InChI is InChI=1S/C23H30/c1-16-5-9-22(10-6-16)23-11-7-20(8-12-23)15-21-13-17(2)19(4)18(3)14-21/h7-8,11-14,16,22H,5-6,9-10,15H2,1-4H3. The van der Waals surface area contributed by atoms with Gasteiger partial charge >= 0.3 is 0 Å². The average molecular weight is 306 g/mol. The molecule has 2 aromatic rings. The van der Waals surface area contributed by atoms with Gasteiger partial charge in [-0.05, 0) is 85.3 Å². The number of rotatable bonds is 3. The SMILES string of the molecule is Cc1cc(Cc2ccc(C3CCC(C)CC3)cc2)cc(C)c1C. The van der Waals surface area contributed by atoms with E-state index >= 15 is 0 Å². The summed E-state index contributed by atoms with van der Waals surface area (Å²) in [7, 11) is 0. The summed E-state index contributed by atoms with van der Waals surface area (Å²) in [5.41, 5.74) is 8.67. The Morgan fingerprint density at radius 3 is 1.91 bits per heavy atom. The van der Waals surface area contributed by atoms with Crippen molar-refractivity contribution in [1.82, 2.24) is 0 Å². The van der Waals surface area contributed by atoms with E-state index in [9.17, 15) is 0 Å². The zero-order valence-electron chi connectivity index (χ0n) is 15.2. The lowest BCUT2D eigenvalue weighted by Crippen LogP contribution is -2.10. The Morgan fingerprint density at radius 1 is 0.783 bits per heavy atom. The van der Waals surface area contributed by atoms with Gasteiger partial charge < -0.3 is 0 Å². The summed E-state index contributed by atoms with van der Waals surface area (Å²) in [5.74, 6) is 1.72. The molecule has 23 heavy (non-hydrogen) atoms. The van der Waals surface area contributed by atoms with Crippen molar-refractivity contribution in [2.75, 3.05) is 0 Å². The third kappa shape index (κ3) is 3.86. The largest absolute Gasteiger partial charge is 0.0625 e. The van der Waals surface area contributed by atoms with Gasteiger partial charge in [-0.15, -0.1) is 0 Å². The molecule has 0 unspecified atom stereocenters. The first-order valence-corrected chi connectivity index (χ1v) is 9.18. The quantitative estimate of drug-likeness (QED) is 0.607. The summed E-state index contributed by atoms with van der Waals surface area (Å²) in [6, 6.07) is 14.1. The lowest BCUT2D eigenvalue weighted by molar-refractivity contribution is 0.348. The van der Waals surface area contributed by atoms with Crippen molar-refractivity contribution in [3.05, 3.63) is 69.8 Å². The van der Waals surface area contributed by atoms with Crippen LogP contribution in [0.2, 0.25) is 0 Å². The predicted molar refractivity (Wildman–Crippen MR) is 100 cm³/mol. The van der Waals surface area contributed by atoms with Crippen LogP contribution in [0.15, 0.2) is 36.4 Å². The van der Waals surface area contributed by atoms with Crippen molar-refractivity contribution < 1.29 is 0 Å². The molecule has 0 atom stereocenters. The molecule has 0 aliphatic heterocycles. The lowest BCUT2D eigenvalue weighted by Gasteiger charge is -2.26. The van der Waals surface area contributed by atoms with Crippen molar-refractivity contribution in [2.24, 2.45) is 5.92 Å². The van der Waals surface area contributed by atoms with E-state index in [4.69, 9.17) is 0 Å². The zero-order valence-corrected chi connectivity index (χ0v) is 15.2. The number of hydrogen-bond donors (Lipinski definition) is 0. The first kappa shape index (κ1) is 16.3. The van der Waals surface area contributed by atoms with Crippen LogP contribution in [0.4, 0.5) is 0 Å². The van der Waals surface area contributed by atoms with Crippen LogP contribution in [-0.4, -0.2) is 0 Å². The molecular formula is C23H30. The van der Waals surface area contributed by atoms with Gasteiger partial charge in [0.25, 0.3) is 0 Å². The molecule has 0 amide bonds. The minimum Gasteiger partial charge on any atom is -0.0625 e. The monoisotopic (exact) mass is 306 g/mol. The van der Waals surface area contributed by atoms with Gasteiger partial charge in [-0.1, -0.05) is 56.2 Å². The molecule has 0 heteroatoms. The van der Waals surface area contributed by atoms with Crippen molar-refractivity contribution in [3.8, 4) is 0 Å². The molecule has 0 nitrogen and oxygen atoms in total. The first-order valence-electron chi connectivity index (χ1n) is 9.18. The van der Waals surface area contributed by atoms with Gasteiger partial charge in [0.05, 0.1) is 0 Å². The smallest absolute Gasteiger partial charge is 0.00256 e. The second-order valence-electron chi connectivity index (χ2n) is 7.73. The van der Waals surface area contributed by atoms with Crippen LogP contribution in [-0.2, 0) is 6.42 Å². The van der Waals surface area contributed by atoms with E-state index < -0.39 is 0 Å². The summed E-state index contributed by atoms with van der Waals surface area (Å²) in [6.07, 6.45) is 6.58. The summed E-state index contributed by atoms with van der Waals surface area (Å²) >= 11 is 0. The van der Waals surface area contributed by atoms with Crippen LogP contribution < -0.4 is 0 Å². The van der Waals surface area contributed by atoms with Gasteiger partial charge in [0.15, 0.2) is 0 Å². The van der Waals surface area contributed by atoms with Crippen LogP contribution in [0.5, 0.6) is 0 Å². The van der Waals surface area contributed by atoms with Crippen molar-refractivity contribution in [1.29, 1.82) is 0 Å². The molecule has 0 bridgehead atoms. The fourth-order valence-corrected chi connectivity index (χ4v) is 3.96. The normalized spacial score (nSPS) is 21.4. The third-order valence-corrected chi connectivity index (χ3v) is 5.86. The van der Waals surface area contributed by atoms with E-state index in [1.165, 1.54) is 53.5 Å². The summed E-state index contributed by atoms with van der Waals surface area (Å²) in [4.78, 5) is 0. The molecule has 122 valence electrons. The predicted octanol–water partition coefficient (Wildman–Crippen LogP) is 6.50. The van der Waals surface area contributed by atoms with E-state index in [-0.39, 0.29) is 0 Å². The van der Waals surface area contributed by atoms with Crippen molar-refractivity contribution in [2.45, 2.75) is 65.7 Å². The number of aryl methyl sites for hydroxylation is 2. The topological polar surface area (TPSA) is 0 Å². The molecule has 1 fully saturated rings. The molecule has 2 aromatic carbocycles. The molecule has 0 radical (unpaired) electrons. The molecule has 0 aromatic heterocycles. The highest BCUT2D eigenvalue weighted by Gasteiger charge is 2.19. The summed E-state index contributed by atoms with van der Waals surface area (Å²) < 4.78 is 0. The van der Waals surface area contributed by atoms with Gasteiger partial charge in [0.1, 0.15) is 0 Å². The van der Waals surface area contributed by atoms with E-state index in [2.05, 4.69) is 64.1 Å². The highest BCUT2D eigenvalue weighted by molar-refractivity contribution is 5.39. The molecule has 0 saturated heterocycles. The van der Waals surface area contributed by atoms with Crippen LogP contribution in [0, 0.1) is 26.7 Å². The fourth-order valence-electron chi connectivity index (χ4n) is 3.96. The van der Waals surface area contributed by atoms with Crippen LogP contribution >= 0.6 is 0 Å². The van der Waals surface area contributed by atoms with Crippen LogP contribution in [0.3, 0.4) is 0 Å². The Balaban J connectivity index is 1.70. The van der Waals surface area contributed by atoms with E-state index in [0.717, 1.165) is 18.3 Å². The molecule has 1 aliphatic rings. The number of hydrogen-bond acceptors (Lipinski definition) is 0. The summed E-state index contributed by atoms with van der Waals surface area (Å²) in [6.45, 7) is 9.05. The van der Waals surface area contributed by atoms with Gasteiger partial charge in [-0.3, -0.25) is 0 Å². The maximum absolute atomic E-state index is 2.39. The molecule has 0 spiro atoms. The zero-order chi connectivity index (χ0) is 16.4. The first-order chi connectivity index (χ1) is 11.0. The Kier molecular flexibility index (Phi) is 4.90. The number of benzene rings is 2. The maximum atomic E-state index is 2.39. The molecule has 0 heterocycles. The highest BCUT2D eigenvalue weighted by atomic mass is 14.2. The van der Waals surface area contributed by atoms with Crippen LogP contribution in [0.25, 0.3) is 0 Å². The van der Waals surface area contributed by atoms with Gasteiger partial charge in [0.2, 0.25) is 0 Å². The molecule has 1 aliphatic carbocycles. The van der Waals surface area contributed by atoms with Crippen LogP contribution in [0.1, 0.15) is 71.9 Å². The van der Waals surface area contributed by atoms with E-state index in [1.807, 2.05) is 0 Å². The maximum Gasteiger partial charge on any atom is -0.00256 e. The Hall–Kier alpha value is -1.56. The third-order valence-electron chi connectivity index (χ3n) is 5.86. The Morgan fingerprint density at radius 2 is 1.35 bits per heavy atom. The van der Waals surface area contributed by atoms with E-state index in [0.29, 0.717) is 0 Å². The fraction of sp³-hybridized carbons (Fsp3) is 0.478.